The van der Waals surface area contributed by atoms with Gasteiger partial charge in [0.1, 0.15) is 0 Å². The number of nitrogens with zero attached hydrogens (tertiary/aromatic N) is 2. The first-order valence-corrected chi connectivity index (χ1v) is 5.42. The van der Waals surface area contributed by atoms with Crippen LogP contribution in [0, 0.1) is 0 Å². The summed E-state index contributed by atoms with van der Waals surface area (Å²) in [5, 5.41) is 3.77. The Kier molecular flexibility index (Phi) is 5.24. The second-order valence-corrected chi connectivity index (χ2v) is 3.58. The van der Waals surface area contributed by atoms with Gasteiger partial charge in [-0.25, -0.2) is 10.2 Å². The summed E-state index contributed by atoms with van der Waals surface area (Å²) in [5.74, 6) is 0.821. The largest absolute Gasteiger partial charge is 0.345 e. The Labute approximate surface area is 92.5 Å². The van der Waals surface area contributed by atoms with E-state index in [1.807, 2.05) is 6.92 Å². The molecule has 0 saturated heterocycles. The lowest BCUT2D eigenvalue weighted by atomic mass is 10.3. The van der Waals surface area contributed by atoms with Crippen molar-refractivity contribution >= 4 is 24.2 Å². The molecule has 2 amide bonds. The highest BCUT2D eigenvalue weighted by Gasteiger charge is 1.94. The summed E-state index contributed by atoms with van der Waals surface area (Å²) in [6.07, 6.45) is 4.88. The summed E-state index contributed by atoms with van der Waals surface area (Å²) in [7, 11) is 0. The van der Waals surface area contributed by atoms with Gasteiger partial charge in [-0.2, -0.15) is 5.10 Å². The van der Waals surface area contributed by atoms with Crippen molar-refractivity contribution in [2.75, 3.05) is 5.75 Å². The highest BCUT2D eigenvalue weighted by molar-refractivity contribution is 7.97. The van der Waals surface area contributed by atoms with E-state index in [1.54, 1.807) is 30.7 Å². The van der Waals surface area contributed by atoms with E-state index in [4.69, 9.17) is 0 Å². The van der Waals surface area contributed by atoms with Gasteiger partial charge >= 0.3 is 6.03 Å². The van der Waals surface area contributed by atoms with Crippen LogP contribution >= 0.6 is 11.9 Å². The number of aromatic nitrogens is 1. The number of rotatable bonds is 4. The summed E-state index contributed by atoms with van der Waals surface area (Å²) >= 11 is 1.32. The lowest BCUT2D eigenvalue weighted by molar-refractivity contribution is 0.247. The van der Waals surface area contributed by atoms with Crippen molar-refractivity contribution in [2.24, 2.45) is 5.10 Å². The van der Waals surface area contributed by atoms with Crippen LogP contribution in [0.2, 0.25) is 0 Å². The van der Waals surface area contributed by atoms with Crippen LogP contribution in [0.15, 0.2) is 29.6 Å². The zero-order valence-electron chi connectivity index (χ0n) is 8.30. The van der Waals surface area contributed by atoms with E-state index in [0.29, 0.717) is 0 Å². The Hall–Kier alpha value is -1.56. The Morgan fingerprint density at radius 3 is 3.00 bits per heavy atom. The van der Waals surface area contributed by atoms with Crippen LogP contribution in [0.3, 0.4) is 0 Å². The molecular weight excluding hydrogens is 212 g/mol. The molecule has 6 heteroatoms. The average Bonchev–Trinajstić information content (AvgIpc) is 2.28. The van der Waals surface area contributed by atoms with Crippen LogP contribution in [-0.2, 0) is 0 Å². The summed E-state index contributed by atoms with van der Waals surface area (Å²) in [6, 6.07) is 3.26. The molecule has 1 heterocycles. The lowest BCUT2D eigenvalue weighted by Crippen LogP contribution is -2.27. The van der Waals surface area contributed by atoms with Crippen molar-refractivity contribution in [1.29, 1.82) is 0 Å². The third-order valence-electron chi connectivity index (χ3n) is 1.40. The SMILES string of the molecule is CCSNC(=O)N/N=C/c1ccncc1. The minimum Gasteiger partial charge on any atom is -0.280 e. The minimum atomic E-state index is -0.327. The maximum absolute atomic E-state index is 11.0. The average molecular weight is 224 g/mol. The third kappa shape index (κ3) is 5.02. The number of hydrogen-bond donors (Lipinski definition) is 2. The lowest BCUT2D eigenvalue weighted by Gasteiger charge is -1.99. The zero-order valence-corrected chi connectivity index (χ0v) is 9.12. The van der Waals surface area contributed by atoms with E-state index in [2.05, 4.69) is 20.2 Å². The summed E-state index contributed by atoms with van der Waals surface area (Å²) in [4.78, 5) is 14.9. The van der Waals surface area contributed by atoms with Crippen LogP contribution < -0.4 is 10.1 Å². The minimum absolute atomic E-state index is 0.327. The molecule has 0 aliphatic heterocycles. The number of hydrazone groups is 1. The number of carbonyl (C=O) groups is 1. The highest BCUT2D eigenvalue weighted by Crippen LogP contribution is 1.91. The fourth-order valence-corrected chi connectivity index (χ4v) is 1.10. The van der Waals surface area contributed by atoms with Crippen LogP contribution in [0.4, 0.5) is 4.79 Å². The van der Waals surface area contributed by atoms with Gasteiger partial charge in [-0.05, 0) is 29.6 Å². The van der Waals surface area contributed by atoms with E-state index in [-0.39, 0.29) is 6.03 Å². The van der Waals surface area contributed by atoms with Gasteiger partial charge in [0, 0.05) is 18.1 Å². The Bertz CT molecular complexity index is 328. The van der Waals surface area contributed by atoms with Crippen molar-refractivity contribution in [1.82, 2.24) is 15.1 Å². The third-order valence-corrected chi connectivity index (χ3v) is 2.01. The standard InChI is InChI=1S/C9H12N4OS/c1-2-15-13-9(14)12-11-7-8-3-5-10-6-4-8/h3-7H,2H2,1H3,(H2,12,13,14)/b11-7+. The molecule has 0 bridgehead atoms. The molecule has 1 aromatic heterocycles. The second kappa shape index (κ2) is 6.83. The predicted octanol–water partition coefficient (Wildman–Crippen LogP) is 1.38. The van der Waals surface area contributed by atoms with E-state index < -0.39 is 0 Å². The Morgan fingerprint density at radius 2 is 2.33 bits per heavy atom. The van der Waals surface area contributed by atoms with Gasteiger partial charge < -0.3 is 0 Å². The summed E-state index contributed by atoms with van der Waals surface area (Å²) in [6.45, 7) is 1.95. The van der Waals surface area contributed by atoms with Crippen LogP contribution in [0.25, 0.3) is 0 Å². The van der Waals surface area contributed by atoms with Gasteiger partial charge in [-0.1, -0.05) is 6.92 Å². The smallest absolute Gasteiger partial charge is 0.280 e. The number of hydrogen-bond acceptors (Lipinski definition) is 4. The molecule has 5 nitrogen and oxygen atoms in total. The molecule has 1 aromatic rings. The van der Waals surface area contributed by atoms with Gasteiger partial charge in [-0.3, -0.25) is 9.71 Å². The van der Waals surface area contributed by atoms with E-state index in [0.717, 1.165) is 11.3 Å². The number of pyridine rings is 1. The van der Waals surface area contributed by atoms with Gasteiger partial charge in [0.05, 0.1) is 6.21 Å². The normalized spacial score (nSPS) is 10.2. The molecule has 0 aromatic carbocycles. The van der Waals surface area contributed by atoms with Crippen molar-refractivity contribution < 1.29 is 4.79 Å². The van der Waals surface area contributed by atoms with Crippen LogP contribution in [0.5, 0.6) is 0 Å². The van der Waals surface area contributed by atoms with Crippen molar-refractivity contribution in [2.45, 2.75) is 6.92 Å². The van der Waals surface area contributed by atoms with Gasteiger partial charge in [-0.15, -0.1) is 0 Å². The molecule has 0 unspecified atom stereocenters. The maximum Gasteiger partial charge on any atom is 0.345 e. The van der Waals surface area contributed by atoms with E-state index >= 15 is 0 Å². The second-order valence-electron chi connectivity index (χ2n) is 2.51. The summed E-state index contributed by atoms with van der Waals surface area (Å²) in [5.41, 5.74) is 3.23. The molecule has 0 fully saturated rings. The first kappa shape index (κ1) is 11.5. The first-order valence-electron chi connectivity index (χ1n) is 4.43. The number of amides is 2. The Morgan fingerprint density at radius 1 is 1.60 bits per heavy atom. The topological polar surface area (TPSA) is 66.4 Å². The molecule has 0 radical (unpaired) electrons. The molecule has 0 aliphatic rings. The molecule has 0 aliphatic carbocycles. The fourth-order valence-electron chi connectivity index (χ4n) is 0.775. The molecular formula is C9H12N4OS. The molecule has 0 atom stereocenters. The van der Waals surface area contributed by atoms with Crippen molar-refractivity contribution in [3.63, 3.8) is 0 Å². The van der Waals surface area contributed by atoms with E-state index in [9.17, 15) is 4.79 Å². The maximum atomic E-state index is 11.0. The molecule has 0 spiro atoms. The van der Waals surface area contributed by atoms with Gasteiger partial charge in [0.2, 0.25) is 0 Å². The van der Waals surface area contributed by atoms with Gasteiger partial charge in [0.25, 0.3) is 0 Å². The Balaban J connectivity index is 2.31. The zero-order chi connectivity index (χ0) is 10.9. The van der Waals surface area contributed by atoms with Crippen LogP contribution in [-0.4, -0.2) is 23.0 Å². The molecule has 15 heavy (non-hydrogen) atoms. The predicted molar refractivity (Wildman–Crippen MR) is 61.6 cm³/mol. The number of carbonyl (C=O) groups excluding carboxylic acids is 1. The quantitative estimate of drug-likeness (QED) is 0.461. The van der Waals surface area contributed by atoms with Crippen LogP contribution in [0.1, 0.15) is 12.5 Å². The fraction of sp³-hybridized carbons (Fsp3) is 0.222. The van der Waals surface area contributed by atoms with Gasteiger partial charge in [0.15, 0.2) is 0 Å². The first-order chi connectivity index (χ1) is 7.33. The van der Waals surface area contributed by atoms with Crippen molar-refractivity contribution in [3.05, 3.63) is 30.1 Å². The molecule has 1 rings (SSSR count). The number of urea groups is 1. The molecule has 0 saturated carbocycles. The monoisotopic (exact) mass is 224 g/mol. The molecule has 2 N–H and O–H groups in total. The highest BCUT2D eigenvalue weighted by atomic mass is 32.2. The van der Waals surface area contributed by atoms with Crippen molar-refractivity contribution in [3.8, 4) is 0 Å². The summed E-state index contributed by atoms with van der Waals surface area (Å²) < 4.78 is 2.56. The number of nitrogens with one attached hydrogen (secondary N) is 2. The molecule has 80 valence electrons. The van der Waals surface area contributed by atoms with E-state index in [1.165, 1.54) is 11.9 Å².